The summed E-state index contributed by atoms with van der Waals surface area (Å²) < 4.78 is 0.733. The molecule has 1 aromatic heterocycles. The second-order valence-corrected chi connectivity index (χ2v) is 9.28. The molecule has 0 saturated heterocycles. The molecule has 1 unspecified atom stereocenters. The number of amides is 2. The first kappa shape index (κ1) is 25.8. The number of halogens is 1. The van der Waals surface area contributed by atoms with Gasteiger partial charge in [0.25, 0.3) is 5.91 Å². The van der Waals surface area contributed by atoms with Crippen molar-refractivity contribution >= 4 is 45.4 Å². The van der Waals surface area contributed by atoms with Gasteiger partial charge in [-0.05, 0) is 34.7 Å². The minimum atomic E-state index is -1.09. The van der Waals surface area contributed by atoms with Crippen LogP contribution in [-0.4, -0.2) is 40.4 Å². The van der Waals surface area contributed by atoms with Gasteiger partial charge >= 0.3 is 5.97 Å². The molecule has 0 aliphatic carbocycles. The fraction of sp³-hybridized carbons (Fsp3) is 0.318. The Bertz CT molecular complexity index is 1070. The van der Waals surface area contributed by atoms with Crippen LogP contribution in [0.5, 0.6) is 0 Å². The van der Waals surface area contributed by atoms with Crippen molar-refractivity contribution in [2.24, 2.45) is 5.73 Å². The standard InChI is InChI=1S/C22H27BrN6O4/c1-22(2,3)14-6-12(7-15(23)9-14)18(20(33)27-5-4-17(30)31)29-19(32)13-8-16(11-26-10-13)28-21(24)25/h6-11,18H,4-5H2,1-3H3,(H,27,33)(H,29,32)(H,30,31)(H4,24,25,28). The van der Waals surface area contributed by atoms with E-state index < -0.39 is 23.8 Å². The van der Waals surface area contributed by atoms with Crippen molar-refractivity contribution in [2.45, 2.75) is 38.6 Å². The average Bonchev–Trinajstić information content (AvgIpc) is 2.70. The molecule has 2 amide bonds. The summed E-state index contributed by atoms with van der Waals surface area (Å²) >= 11 is 3.47. The Morgan fingerprint density at radius 2 is 1.88 bits per heavy atom. The van der Waals surface area contributed by atoms with E-state index in [0.29, 0.717) is 11.3 Å². The number of nitrogens with zero attached hydrogens (tertiary/aromatic N) is 1. The summed E-state index contributed by atoms with van der Waals surface area (Å²) in [4.78, 5) is 40.7. The van der Waals surface area contributed by atoms with Gasteiger partial charge in [0.15, 0.2) is 5.96 Å². The molecule has 7 N–H and O–H groups in total. The fourth-order valence-electron chi connectivity index (χ4n) is 2.91. The van der Waals surface area contributed by atoms with Crippen molar-refractivity contribution in [1.82, 2.24) is 15.6 Å². The Morgan fingerprint density at radius 3 is 2.48 bits per heavy atom. The van der Waals surface area contributed by atoms with Crippen LogP contribution in [0.2, 0.25) is 0 Å². The summed E-state index contributed by atoms with van der Waals surface area (Å²) in [6.45, 7) is 6.00. The molecular weight excluding hydrogens is 492 g/mol. The van der Waals surface area contributed by atoms with Crippen LogP contribution in [-0.2, 0) is 15.0 Å². The molecule has 0 bridgehead atoms. The zero-order valence-electron chi connectivity index (χ0n) is 18.5. The fourth-order valence-corrected chi connectivity index (χ4v) is 3.42. The van der Waals surface area contributed by atoms with Crippen LogP contribution in [0.15, 0.2) is 41.1 Å². The molecule has 1 atom stereocenters. The first-order valence-corrected chi connectivity index (χ1v) is 10.8. The lowest BCUT2D eigenvalue weighted by molar-refractivity contribution is -0.137. The van der Waals surface area contributed by atoms with Gasteiger partial charge in [-0.1, -0.05) is 42.8 Å². The van der Waals surface area contributed by atoms with Crippen molar-refractivity contribution in [3.8, 4) is 0 Å². The molecule has 2 rings (SSSR count). The number of pyridine rings is 1. The van der Waals surface area contributed by atoms with E-state index in [-0.39, 0.29) is 29.9 Å². The van der Waals surface area contributed by atoms with Crippen LogP contribution in [0.4, 0.5) is 5.69 Å². The molecular formula is C22H27BrN6O4. The molecule has 0 spiro atoms. The normalized spacial score (nSPS) is 11.9. The molecule has 33 heavy (non-hydrogen) atoms. The average molecular weight is 519 g/mol. The van der Waals surface area contributed by atoms with Crippen LogP contribution in [0, 0.1) is 5.41 Å². The van der Waals surface area contributed by atoms with Gasteiger partial charge in [0.05, 0.1) is 23.9 Å². The number of carbonyl (C=O) groups excluding carboxylic acids is 2. The molecule has 1 aromatic carbocycles. The summed E-state index contributed by atoms with van der Waals surface area (Å²) in [5.74, 6) is -2.48. The van der Waals surface area contributed by atoms with Crippen LogP contribution in [0.3, 0.4) is 0 Å². The Kier molecular flexibility index (Phi) is 8.52. The maximum absolute atomic E-state index is 13.0. The Labute approximate surface area is 200 Å². The van der Waals surface area contributed by atoms with E-state index >= 15 is 0 Å². The highest BCUT2D eigenvalue weighted by Crippen LogP contribution is 2.29. The number of aromatic nitrogens is 1. The number of guanidine groups is 1. The third-order valence-corrected chi connectivity index (χ3v) is 5.03. The predicted octanol–water partition coefficient (Wildman–Crippen LogP) is 2.51. The monoisotopic (exact) mass is 518 g/mol. The third-order valence-electron chi connectivity index (χ3n) is 4.57. The van der Waals surface area contributed by atoms with Crippen LogP contribution in [0.1, 0.15) is 54.7 Å². The lowest BCUT2D eigenvalue weighted by atomic mass is 9.85. The SMILES string of the molecule is CC(C)(C)c1cc(Br)cc(C(NC(=O)c2cncc(NC(=N)N)c2)C(=O)NCCC(=O)O)c1. The van der Waals surface area contributed by atoms with Crippen molar-refractivity contribution in [1.29, 1.82) is 5.41 Å². The third kappa shape index (κ3) is 7.86. The number of hydrogen-bond acceptors (Lipinski definition) is 5. The Balaban J connectivity index is 2.39. The molecule has 10 nitrogen and oxygen atoms in total. The van der Waals surface area contributed by atoms with Gasteiger partial charge in [0.2, 0.25) is 5.91 Å². The van der Waals surface area contributed by atoms with Gasteiger partial charge in [-0.2, -0.15) is 0 Å². The largest absolute Gasteiger partial charge is 0.481 e. The minimum absolute atomic E-state index is 0.0831. The molecule has 0 saturated carbocycles. The number of anilines is 1. The van der Waals surface area contributed by atoms with Crippen LogP contribution in [0.25, 0.3) is 0 Å². The zero-order chi connectivity index (χ0) is 24.8. The van der Waals surface area contributed by atoms with Crippen molar-refractivity contribution in [2.75, 3.05) is 11.9 Å². The van der Waals surface area contributed by atoms with E-state index in [1.807, 2.05) is 32.9 Å². The molecule has 2 aromatic rings. The van der Waals surface area contributed by atoms with Gasteiger partial charge in [-0.3, -0.25) is 24.8 Å². The first-order valence-electron chi connectivity index (χ1n) is 10.0. The number of nitrogens with two attached hydrogens (primary N) is 1. The molecule has 0 radical (unpaired) electrons. The second-order valence-electron chi connectivity index (χ2n) is 8.37. The maximum Gasteiger partial charge on any atom is 0.305 e. The Hall–Kier alpha value is -3.47. The lowest BCUT2D eigenvalue weighted by Gasteiger charge is -2.24. The molecule has 0 fully saturated rings. The molecule has 0 aliphatic heterocycles. The first-order chi connectivity index (χ1) is 15.4. The van der Waals surface area contributed by atoms with E-state index in [9.17, 15) is 14.4 Å². The number of carboxylic acids is 1. The summed E-state index contributed by atoms with van der Waals surface area (Å²) in [6.07, 6.45) is 2.47. The van der Waals surface area contributed by atoms with Gasteiger partial charge in [0, 0.05) is 17.2 Å². The van der Waals surface area contributed by atoms with Gasteiger partial charge in [0.1, 0.15) is 6.04 Å². The topological polar surface area (TPSA) is 170 Å². The Morgan fingerprint density at radius 1 is 1.18 bits per heavy atom. The predicted molar refractivity (Wildman–Crippen MR) is 128 cm³/mol. The maximum atomic E-state index is 13.0. The lowest BCUT2D eigenvalue weighted by Crippen LogP contribution is -2.41. The van der Waals surface area contributed by atoms with E-state index in [1.165, 1.54) is 18.5 Å². The zero-order valence-corrected chi connectivity index (χ0v) is 20.1. The summed E-state index contributed by atoms with van der Waals surface area (Å²) in [7, 11) is 0. The van der Waals surface area contributed by atoms with E-state index in [0.717, 1.165) is 10.0 Å². The van der Waals surface area contributed by atoms with Gasteiger partial charge in [-0.25, -0.2) is 0 Å². The number of hydrogen-bond donors (Lipinski definition) is 6. The van der Waals surface area contributed by atoms with Crippen molar-refractivity contribution in [3.05, 3.63) is 57.8 Å². The van der Waals surface area contributed by atoms with Gasteiger partial charge in [-0.15, -0.1) is 0 Å². The molecule has 1 heterocycles. The van der Waals surface area contributed by atoms with Crippen LogP contribution < -0.4 is 21.7 Å². The number of rotatable bonds is 8. The van der Waals surface area contributed by atoms with Crippen molar-refractivity contribution < 1.29 is 19.5 Å². The number of carboxylic acid groups (broad SMARTS) is 1. The quantitative estimate of drug-likeness (QED) is 0.230. The van der Waals surface area contributed by atoms with E-state index in [1.54, 1.807) is 6.07 Å². The summed E-state index contributed by atoms with van der Waals surface area (Å²) in [5, 5.41) is 24.0. The number of carbonyl (C=O) groups is 3. The van der Waals surface area contributed by atoms with E-state index in [4.69, 9.17) is 16.2 Å². The molecule has 176 valence electrons. The van der Waals surface area contributed by atoms with E-state index in [2.05, 4.69) is 36.9 Å². The molecule has 0 aliphatic rings. The molecule has 11 heteroatoms. The number of aliphatic carboxylic acids is 1. The van der Waals surface area contributed by atoms with Gasteiger partial charge < -0.3 is 26.8 Å². The minimum Gasteiger partial charge on any atom is -0.481 e. The highest BCUT2D eigenvalue weighted by Gasteiger charge is 2.26. The highest BCUT2D eigenvalue weighted by molar-refractivity contribution is 9.10. The van der Waals surface area contributed by atoms with Crippen LogP contribution >= 0.6 is 15.9 Å². The summed E-state index contributed by atoms with van der Waals surface area (Å²) in [5.41, 5.74) is 7.07. The smallest absolute Gasteiger partial charge is 0.305 e. The van der Waals surface area contributed by atoms with Crippen molar-refractivity contribution in [3.63, 3.8) is 0 Å². The number of benzene rings is 1. The second kappa shape index (κ2) is 10.9. The summed E-state index contributed by atoms with van der Waals surface area (Å²) in [6, 6.07) is 5.85. The number of nitrogens with one attached hydrogen (secondary N) is 4. The highest BCUT2D eigenvalue weighted by atomic mass is 79.9.